The van der Waals surface area contributed by atoms with E-state index in [0.29, 0.717) is 0 Å². The van der Waals surface area contributed by atoms with Crippen molar-refractivity contribution >= 4 is 0 Å². The number of hydrogen-bond acceptors (Lipinski definition) is 4. The molecule has 26 heavy (non-hydrogen) atoms. The first-order valence-corrected chi connectivity index (χ1v) is 11.3. The molecule has 0 spiro atoms. The van der Waals surface area contributed by atoms with Crippen LogP contribution >= 0.6 is 0 Å². The fraction of sp³-hybridized carbons (Fsp3) is 1.00. The number of aliphatic hydroxyl groups is 3. The van der Waals surface area contributed by atoms with Gasteiger partial charge in [-0.1, -0.05) is 103 Å². The van der Waals surface area contributed by atoms with E-state index in [1.807, 2.05) is 0 Å². The minimum Gasteiger partial charge on any atom is -0.394 e. The summed E-state index contributed by atoms with van der Waals surface area (Å²) in [6.45, 7) is 2.31. The van der Waals surface area contributed by atoms with E-state index in [0.717, 1.165) is 12.8 Å². The highest BCUT2D eigenvalue weighted by Gasteiger charge is 2.06. The predicted molar refractivity (Wildman–Crippen MR) is 109 cm³/mol. The van der Waals surface area contributed by atoms with Crippen LogP contribution in [0.4, 0.5) is 0 Å². The second-order valence-corrected chi connectivity index (χ2v) is 7.77. The lowest BCUT2D eigenvalue weighted by Crippen LogP contribution is -2.23. The van der Waals surface area contributed by atoms with Crippen molar-refractivity contribution < 1.29 is 20.1 Å². The van der Waals surface area contributed by atoms with Gasteiger partial charge in [0.25, 0.3) is 0 Å². The van der Waals surface area contributed by atoms with E-state index in [-0.39, 0.29) is 19.8 Å². The van der Waals surface area contributed by atoms with Crippen LogP contribution in [0.3, 0.4) is 0 Å². The van der Waals surface area contributed by atoms with Crippen LogP contribution in [-0.4, -0.2) is 47.3 Å². The van der Waals surface area contributed by atoms with Gasteiger partial charge in [0.2, 0.25) is 0 Å². The third kappa shape index (κ3) is 20.2. The summed E-state index contributed by atoms with van der Waals surface area (Å²) in [5.41, 5.74) is 0. The molecule has 0 heterocycles. The SMILES string of the molecule is CCCCCCCCCCCCCCCCC[C@@H](O)COC[C@@H](O)CO. The topological polar surface area (TPSA) is 69.9 Å². The fourth-order valence-corrected chi connectivity index (χ4v) is 3.23. The number of ether oxygens (including phenoxy) is 1. The maximum atomic E-state index is 9.77. The van der Waals surface area contributed by atoms with Gasteiger partial charge in [0.15, 0.2) is 0 Å². The van der Waals surface area contributed by atoms with Gasteiger partial charge in [0.05, 0.1) is 25.9 Å². The van der Waals surface area contributed by atoms with Crippen molar-refractivity contribution in [3.63, 3.8) is 0 Å². The third-order valence-electron chi connectivity index (χ3n) is 4.97. The lowest BCUT2D eigenvalue weighted by molar-refractivity contribution is -0.0262. The average Bonchev–Trinajstić information content (AvgIpc) is 2.64. The Kier molecular flexibility index (Phi) is 21.0. The van der Waals surface area contributed by atoms with E-state index in [1.54, 1.807) is 0 Å². The lowest BCUT2D eigenvalue weighted by atomic mass is 10.0. The Morgan fingerprint density at radius 2 is 0.962 bits per heavy atom. The molecule has 0 aliphatic rings. The van der Waals surface area contributed by atoms with E-state index in [1.165, 1.54) is 89.9 Å². The van der Waals surface area contributed by atoms with Crippen LogP contribution in [0, 0.1) is 0 Å². The van der Waals surface area contributed by atoms with E-state index < -0.39 is 12.2 Å². The third-order valence-corrected chi connectivity index (χ3v) is 4.97. The van der Waals surface area contributed by atoms with Crippen LogP contribution in [0.25, 0.3) is 0 Å². The number of hydrogen-bond donors (Lipinski definition) is 3. The Hall–Kier alpha value is -0.160. The largest absolute Gasteiger partial charge is 0.394 e. The predicted octanol–water partition coefficient (Wildman–Crippen LogP) is 4.98. The molecule has 0 saturated carbocycles. The maximum Gasteiger partial charge on any atom is 0.100 e. The normalized spacial score (nSPS) is 13.8. The summed E-state index contributed by atoms with van der Waals surface area (Å²) in [4.78, 5) is 0. The summed E-state index contributed by atoms with van der Waals surface area (Å²) >= 11 is 0. The standard InChI is InChI=1S/C22H46O4/c1-2-3-4-5-6-7-8-9-10-11-12-13-14-15-16-17-21(24)19-26-20-22(25)18-23/h21-25H,2-20H2,1H3/t21-,22+/m1/s1. The van der Waals surface area contributed by atoms with Crippen molar-refractivity contribution in [2.24, 2.45) is 0 Å². The molecule has 4 heteroatoms. The molecule has 0 radical (unpaired) electrons. The van der Waals surface area contributed by atoms with Crippen LogP contribution in [0.15, 0.2) is 0 Å². The minimum absolute atomic E-state index is 0.0897. The van der Waals surface area contributed by atoms with E-state index in [2.05, 4.69) is 6.92 Å². The van der Waals surface area contributed by atoms with E-state index in [4.69, 9.17) is 14.9 Å². The molecule has 0 amide bonds. The molecule has 0 fully saturated rings. The maximum absolute atomic E-state index is 9.77. The van der Waals surface area contributed by atoms with Crippen molar-refractivity contribution in [1.29, 1.82) is 0 Å². The average molecular weight is 375 g/mol. The molecule has 0 aliphatic heterocycles. The molecule has 4 nitrogen and oxygen atoms in total. The minimum atomic E-state index is -0.840. The molecule has 0 unspecified atom stereocenters. The van der Waals surface area contributed by atoms with Gasteiger partial charge in [0, 0.05) is 0 Å². The van der Waals surface area contributed by atoms with Gasteiger partial charge in [-0.3, -0.25) is 0 Å². The summed E-state index contributed by atoms with van der Waals surface area (Å²) in [7, 11) is 0. The monoisotopic (exact) mass is 374 g/mol. The van der Waals surface area contributed by atoms with E-state index in [9.17, 15) is 5.11 Å². The Labute approximate surface area is 162 Å². The Bertz CT molecular complexity index is 261. The Morgan fingerprint density at radius 3 is 1.38 bits per heavy atom. The van der Waals surface area contributed by atoms with Gasteiger partial charge in [-0.15, -0.1) is 0 Å². The molecular formula is C22H46O4. The molecule has 0 rings (SSSR count). The zero-order valence-corrected chi connectivity index (χ0v) is 17.3. The highest BCUT2D eigenvalue weighted by molar-refractivity contribution is 4.57. The highest BCUT2D eigenvalue weighted by Crippen LogP contribution is 2.14. The molecule has 3 N–H and O–H groups in total. The number of aliphatic hydroxyl groups excluding tert-OH is 3. The molecule has 158 valence electrons. The second-order valence-electron chi connectivity index (χ2n) is 7.77. The van der Waals surface area contributed by atoms with Gasteiger partial charge < -0.3 is 20.1 Å². The first kappa shape index (κ1) is 25.8. The van der Waals surface area contributed by atoms with Gasteiger partial charge in [-0.05, 0) is 6.42 Å². The summed E-state index contributed by atoms with van der Waals surface area (Å²) < 4.78 is 5.16. The molecule has 0 aliphatic carbocycles. The van der Waals surface area contributed by atoms with Crippen LogP contribution in [0.2, 0.25) is 0 Å². The van der Waals surface area contributed by atoms with Crippen LogP contribution in [-0.2, 0) is 4.74 Å². The molecule has 2 atom stereocenters. The van der Waals surface area contributed by atoms with Crippen molar-refractivity contribution in [3.05, 3.63) is 0 Å². The van der Waals surface area contributed by atoms with Crippen LogP contribution in [0.1, 0.15) is 110 Å². The molecule has 0 saturated heterocycles. The van der Waals surface area contributed by atoms with Gasteiger partial charge in [-0.25, -0.2) is 0 Å². The fourth-order valence-electron chi connectivity index (χ4n) is 3.23. The lowest BCUT2D eigenvalue weighted by Gasteiger charge is -2.13. The molecular weight excluding hydrogens is 328 g/mol. The van der Waals surface area contributed by atoms with Crippen molar-refractivity contribution in [1.82, 2.24) is 0 Å². The molecule has 0 aromatic rings. The van der Waals surface area contributed by atoms with Crippen molar-refractivity contribution in [2.75, 3.05) is 19.8 Å². The van der Waals surface area contributed by atoms with Crippen molar-refractivity contribution in [3.8, 4) is 0 Å². The van der Waals surface area contributed by atoms with Gasteiger partial charge in [-0.2, -0.15) is 0 Å². The summed E-state index contributed by atoms with van der Waals surface area (Å²) in [6.07, 6.45) is 19.6. The second kappa shape index (κ2) is 21.1. The van der Waals surface area contributed by atoms with Crippen LogP contribution < -0.4 is 0 Å². The quantitative estimate of drug-likeness (QED) is 0.248. The Morgan fingerprint density at radius 1 is 0.577 bits per heavy atom. The Balaban J connectivity index is 3.12. The first-order chi connectivity index (χ1) is 12.7. The number of rotatable bonds is 21. The summed E-state index contributed by atoms with van der Waals surface area (Å²) in [5, 5.41) is 27.6. The smallest absolute Gasteiger partial charge is 0.100 e. The zero-order valence-electron chi connectivity index (χ0n) is 17.3. The zero-order chi connectivity index (χ0) is 19.3. The molecule has 0 aromatic heterocycles. The highest BCUT2D eigenvalue weighted by atomic mass is 16.5. The summed E-state index contributed by atoms with van der Waals surface area (Å²) in [5.74, 6) is 0. The van der Waals surface area contributed by atoms with E-state index >= 15 is 0 Å². The number of unbranched alkanes of at least 4 members (excludes halogenated alkanes) is 14. The van der Waals surface area contributed by atoms with Gasteiger partial charge in [0.1, 0.15) is 6.10 Å². The van der Waals surface area contributed by atoms with Crippen LogP contribution in [0.5, 0.6) is 0 Å². The molecule has 0 aromatic carbocycles. The van der Waals surface area contributed by atoms with Gasteiger partial charge >= 0.3 is 0 Å². The van der Waals surface area contributed by atoms with Crippen molar-refractivity contribution in [2.45, 2.75) is 122 Å². The summed E-state index contributed by atoms with van der Waals surface area (Å²) in [6, 6.07) is 0. The first-order valence-electron chi connectivity index (χ1n) is 11.3. The molecule has 0 bridgehead atoms.